The minimum Gasteiger partial charge on any atom is -0.342 e. The van der Waals surface area contributed by atoms with E-state index in [2.05, 4.69) is 5.32 Å². The number of thiophene rings is 1. The Hall–Kier alpha value is -3.28. The van der Waals surface area contributed by atoms with Crippen molar-refractivity contribution in [2.45, 2.75) is 12.8 Å². The third-order valence-electron chi connectivity index (χ3n) is 6.88. The average Bonchev–Trinajstić information content (AvgIpc) is 3.63. The predicted octanol–water partition coefficient (Wildman–Crippen LogP) is 2.02. The summed E-state index contributed by atoms with van der Waals surface area (Å²) in [6.45, 7) is 3.52. The summed E-state index contributed by atoms with van der Waals surface area (Å²) >= 11 is 7.01. The Morgan fingerprint density at radius 3 is 2.19 bits per heavy atom. The molecule has 0 radical (unpaired) electrons. The first kappa shape index (κ1) is 25.4. The van der Waals surface area contributed by atoms with Gasteiger partial charge in [-0.3, -0.25) is 33.8 Å². The molecule has 1 N–H and O–H groups in total. The summed E-state index contributed by atoms with van der Waals surface area (Å²) in [6.07, 6.45) is 2.09. The standard InChI is InChI=1S/C25H26ClN5O5S/c26-19-7-6-18(37-19)23(34)27-17-5-3-4-16-22(17)25(36)31(24(16)35)15-21(33)30-12-10-28(11-13-30)14-20(32)29-8-1-2-9-29/h3-7H,1-2,8-15H2,(H,27,34). The van der Waals surface area contributed by atoms with Gasteiger partial charge in [0.05, 0.1) is 32.6 Å². The Kier molecular flexibility index (Phi) is 7.27. The first-order chi connectivity index (χ1) is 17.8. The second-order valence-electron chi connectivity index (χ2n) is 9.23. The highest BCUT2D eigenvalue weighted by Crippen LogP contribution is 2.30. The van der Waals surface area contributed by atoms with Gasteiger partial charge in [-0.2, -0.15) is 0 Å². The highest BCUT2D eigenvalue weighted by molar-refractivity contribution is 7.18. The van der Waals surface area contributed by atoms with Gasteiger partial charge in [0.1, 0.15) is 6.54 Å². The van der Waals surface area contributed by atoms with Crippen molar-refractivity contribution in [1.82, 2.24) is 19.6 Å². The lowest BCUT2D eigenvalue weighted by Crippen LogP contribution is -2.53. The van der Waals surface area contributed by atoms with Gasteiger partial charge in [-0.05, 0) is 37.1 Å². The molecule has 3 aliphatic rings. The van der Waals surface area contributed by atoms with Crippen LogP contribution in [0.2, 0.25) is 4.34 Å². The Labute approximate surface area is 222 Å². The van der Waals surface area contributed by atoms with Crippen LogP contribution in [-0.2, 0) is 9.59 Å². The molecule has 1 aromatic carbocycles. The number of amides is 5. The largest absolute Gasteiger partial charge is 0.342 e. The average molecular weight is 544 g/mol. The molecule has 12 heteroatoms. The van der Waals surface area contributed by atoms with Gasteiger partial charge < -0.3 is 15.1 Å². The van der Waals surface area contributed by atoms with Crippen LogP contribution < -0.4 is 5.32 Å². The van der Waals surface area contributed by atoms with Gasteiger partial charge in [-0.1, -0.05) is 17.7 Å². The summed E-state index contributed by atoms with van der Waals surface area (Å²) in [6, 6.07) is 7.81. The van der Waals surface area contributed by atoms with Crippen molar-refractivity contribution in [2.24, 2.45) is 0 Å². The molecule has 2 fully saturated rings. The van der Waals surface area contributed by atoms with Gasteiger partial charge in [0.25, 0.3) is 17.7 Å². The van der Waals surface area contributed by atoms with Crippen molar-refractivity contribution in [2.75, 3.05) is 57.7 Å². The number of piperazine rings is 1. The smallest absolute Gasteiger partial charge is 0.265 e. The number of carbonyl (C=O) groups excluding carboxylic acids is 5. The quantitative estimate of drug-likeness (QED) is 0.558. The summed E-state index contributed by atoms with van der Waals surface area (Å²) in [5, 5.41) is 2.68. The molecule has 2 saturated heterocycles. The number of anilines is 1. The Bertz CT molecular complexity index is 1270. The van der Waals surface area contributed by atoms with E-state index < -0.39 is 17.7 Å². The van der Waals surface area contributed by atoms with Crippen LogP contribution in [-0.4, -0.2) is 101 Å². The molecule has 0 saturated carbocycles. The van der Waals surface area contributed by atoms with E-state index in [0.717, 1.165) is 42.2 Å². The molecule has 5 amide bonds. The van der Waals surface area contributed by atoms with Gasteiger partial charge in [-0.25, -0.2) is 0 Å². The lowest BCUT2D eigenvalue weighted by molar-refractivity contribution is -0.135. The Balaban J connectivity index is 1.19. The lowest BCUT2D eigenvalue weighted by Gasteiger charge is -2.35. The van der Waals surface area contributed by atoms with Crippen molar-refractivity contribution in [3.05, 3.63) is 50.7 Å². The van der Waals surface area contributed by atoms with Crippen LogP contribution in [0.1, 0.15) is 43.2 Å². The van der Waals surface area contributed by atoms with Crippen molar-refractivity contribution in [3.63, 3.8) is 0 Å². The third kappa shape index (κ3) is 5.25. The fourth-order valence-electron chi connectivity index (χ4n) is 4.85. The molecule has 0 bridgehead atoms. The van der Waals surface area contributed by atoms with E-state index in [1.165, 1.54) is 6.07 Å². The molecule has 4 heterocycles. The molecule has 0 spiro atoms. The number of likely N-dealkylation sites (tertiary alicyclic amines) is 1. The van der Waals surface area contributed by atoms with Crippen LogP contribution in [0.3, 0.4) is 0 Å². The molecule has 2 aromatic rings. The molecule has 0 unspecified atom stereocenters. The van der Waals surface area contributed by atoms with E-state index in [9.17, 15) is 24.0 Å². The molecule has 3 aliphatic heterocycles. The normalized spacial score (nSPS) is 17.9. The zero-order chi connectivity index (χ0) is 26.1. The first-order valence-corrected chi connectivity index (χ1v) is 13.3. The van der Waals surface area contributed by atoms with Crippen LogP contribution in [0.15, 0.2) is 30.3 Å². The molecule has 5 rings (SSSR count). The third-order valence-corrected chi connectivity index (χ3v) is 8.11. The van der Waals surface area contributed by atoms with Crippen LogP contribution >= 0.6 is 22.9 Å². The summed E-state index contributed by atoms with van der Waals surface area (Å²) < 4.78 is 0.457. The van der Waals surface area contributed by atoms with Gasteiger partial charge >= 0.3 is 0 Å². The van der Waals surface area contributed by atoms with E-state index >= 15 is 0 Å². The van der Waals surface area contributed by atoms with E-state index in [1.54, 1.807) is 29.2 Å². The van der Waals surface area contributed by atoms with Crippen LogP contribution in [0, 0.1) is 0 Å². The maximum absolute atomic E-state index is 13.2. The van der Waals surface area contributed by atoms with Crippen molar-refractivity contribution < 1.29 is 24.0 Å². The fraction of sp³-hybridized carbons (Fsp3) is 0.400. The number of nitrogens with one attached hydrogen (secondary N) is 1. The molecule has 10 nitrogen and oxygen atoms in total. The maximum Gasteiger partial charge on any atom is 0.265 e. The maximum atomic E-state index is 13.2. The van der Waals surface area contributed by atoms with Crippen LogP contribution in [0.25, 0.3) is 0 Å². The van der Waals surface area contributed by atoms with Gasteiger partial charge in [0, 0.05) is 39.3 Å². The van der Waals surface area contributed by atoms with E-state index in [4.69, 9.17) is 11.6 Å². The SMILES string of the molecule is O=C(Nc1cccc2c1C(=O)N(CC(=O)N1CCN(CC(=O)N3CCCC3)CC1)C2=O)c1ccc(Cl)s1. The number of nitrogens with zero attached hydrogens (tertiary/aromatic N) is 4. The second-order valence-corrected chi connectivity index (χ2v) is 10.9. The molecule has 0 atom stereocenters. The van der Waals surface area contributed by atoms with Gasteiger partial charge in [-0.15, -0.1) is 11.3 Å². The molecule has 0 aliphatic carbocycles. The highest BCUT2D eigenvalue weighted by atomic mass is 35.5. The topological polar surface area (TPSA) is 110 Å². The number of halogens is 1. The number of imide groups is 1. The first-order valence-electron chi connectivity index (χ1n) is 12.2. The molecule has 194 valence electrons. The second kappa shape index (κ2) is 10.6. The van der Waals surface area contributed by atoms with E-state index in [-0.39, 0.29) is 35.2 Å². The molecular weight excluding hydrogens is 518 g/mol. The molecular formula is C25H26ClN5O5S. The van der Waals surface area contributed by atoms with Crippen molar-refractivity contribution >= 4 is 58.2 Å². The monoisotopic (exact) mass is 543 g/mol. The summed E-state index contributed by atoms with van der Waals surface area (Å²) in [4.78, 5) is 71.0. The number of fused-ring (bicyclic) bond motifs is 1. The number of rotatable bonds is 6. The predicted molar refractivity (Wildman–Crippen MR) is 138 cm³/mol. The number of hydrogen-bond donors (Lipinski definition) is 1. The molecule has 1 aromatic heterocycles. The van der Waals surface area contributed by atoms with E-state index in [0.29, 0.717) is 41.9 Å². The van der Waals surface area contributed by atoms with Crippen molar-refractivity contribution in [1.29, 1.82) is 0 Å². The summed E-state index contributed by atoms with van der Waals surface area (Å²) in [5.41, 5.74) is 0.420. The number of hydrogen-bond acceptors (Lipinski definition) is 7. The highest BCUT2D eigenvalue weighted by Gasteiger charge is 2.40. The van der Waals surface area contributed by atoms with Crippen LogP contribution in [0.5, 0.6) is 0 Å². The van der Waals surface area contributed by atoms with Crippen LogP contribution in [0.4, 0.5) is 5.69 Å². The fourth-order valence-corrected chi connectivity index (χ4v) is 5.79. The number of carbonyl (C=O) groups is 5. The van der Waals surface area contributed by atoms with E-state index in [1.807, 2.05) is 9.80 Å². The Morgan fingerprint density at radius 2 is 1.51 bits per heavy atom. The zero-order valence-electron chi connectivity index (χ0n) is 20.1. The minimum absolute atomic E-state index is 0.0709. The minimum atomic E-state index is -0.622. The van der Waals surface area contributed by atoms with Gasteiger partial charge in [0.15, 0.2) is 0 Å². The van der Waals surface area contributed by atoms with Crippen molar-refractivity contribution in [3.8, 4) is 0 Å². The summed E-state index contributed by atoms with van der Waals surface area (Å²) in [5.74, 6) is -1.85. The Morgan fingerprint density at radius 1 is 0.838 bits per heavy atom. The summed E-state index contributed by atoms with van der Waals surface area (Å²) in [7, 11) is 0. The lowest BCUT2D eigenvalue weighted by atomic mass is 10.1. The number of benzene rings is 1. The zero-order valence-corrected chi connectivity index (χ0v) is 21.6. The van der Waals surface area contributed by atoms with Gasteiger partial charge in [0.2, 0.25) is 11.8 Å². The molecule has 37 heavy (non-hydrogen) atoms.